The van der Waals surface area contributed by atoms with E-state index >= 15 is 0 Å². The second-order valence-electron chi connectivity index (χ2n) is 5.54. The molecular weight excluding hydrogens is 538 g/mol. The molecule has 12 heteroatoms. The molecule has 0 saturated carbocycles. The fourth-order valence-corrected chi connectivity index (χ4v) is 3.61. The van der Waals surface area contributed by atoms with Crippen LogP contribution in [0.5, 0.6) is 0 Å². The molecule has 2 rings (SSSR count). The zero-order valence-corrected chi connectivity index (χ0v) is 20.1. The SMILES string of the molecule is CCNC(=NCc1cc(Cl)c(Cl)n1C)NCCNS(=O)(=O)c1cccnc1.I. The second kappa shape index (κ2) is 11.8. The lowest BCUT2D eigenvalue weighted by Crippen LogP contribution is -2.41. The van der Waals surface area contributed by atoms with E-state index in [2.05, 4.69) is 25.3 Å². The van der Waals surface area contributed by atoms with Gasteiger partial charge in [-0.15, -0.1) is 24.0 Å². The van der Waals surface area contributed by atoms with E-state index in [4.69, 9.17) is 23.2 Å². The molecule has 28 heavy (non-hydrogen) atoms. The lowest BCUT2D eigenvalue weighted by molar-refractivity contribution is 0.580. The molecule has 2 aromatic rings. The third-order valence-corrected chi connectivity index (χ3v) is 5.90. The van der Waals surface area contributed by atoms with Crippen LogP contribution in [-0.4, -0.2) is 43.6 Å². The minimum absolute atomic E-state index is 0. The Morgan fingerprint density at radius 1 is 1.29 bits per heavy atom. The van der Waals surface area contributed by atoms with Crippen molar-refractivity contribution in [1.82, 2.24) is 24.9 Å². The first-order valence-corrected chi connectivity index (χ1v) is 10.5. The average Bonchev–Trinajstić information content (AvgIpc) is 2.90. The third kappa shape index (κ3) is 7.07. The summed E-state index contributed by atoms with van der Waals surface area (Å²) >= 11 is 12.1. The molecule has 156 valence electrons. The fourth-order valence-electron chi connectivity index (χ4n) is 2.20. The van der Waals surface area contributed by atoms with E-state index < -0.39 is 10.0 Å². The minimum Gasteiger partial charge on any atom is -0.357 e. The van der Waals surface area contributed by atoms with Crippen LogP contribution in [-0.2, 0) is 23.6 Å². The van der Waals surface area contributed by atoms with Gasteiger partial charge in [-0.3, -0.25) is 4.98 Å². The van der Waals surface area contributed by atoms with Gasteiger partial charge in [-0.25, -0.2) is 18.1 Å². The Balaban J connectivity index is 0.00000392. The van der Waals surface area contributed by atoms with E-state index in [0.29, 0.717) is 35.8 Å². The maximum Gasteiger partial charge on any atom is 0.242 e. The Morgan fingerprint density at radius 3 is 2.61 bits per heavy atom. The van der Waals surface area contributed by atoms with Gasteiger partial charge in [0.15, 0.2) is 5.96 Å². The van der Waals surface area contributed by atoms with Gasteiger partial charge in [-0.2, -0.15) is 0 Å². The van der Waals surface area contributed by atoms with Gasteiger partial charge in [-0.1, -0.05) is 23.2 Å². The molecule has 0 radical (unpaired) electrons. The molecule has 0 amide bonds. The van der Waals surface area contributed by atoms with Gasteiger partial charge in [0.05, 0.1) is 11.6 Å². The highest BCUT2D eigenvalue weighted by atomic mass is 127. The van der Waals surface area contributed by atoms with Crippen molar-refractivity contribution in [3.63, 3.8) is 0 Å². The maximum atomic E-state index is 12.1. The van der Waals surface area contributed by atoms with Crippen molar-refractivity contribution in [2.24, 2.45) is 12.0 Å². The summed E-state index contributed by atoms with van der Waals surface area (Å²) in [5.74, 6) is 0.562. The number of guanidine groups is 1. The number of sulfonamides is 1. The summed E-state index contributed by atoms with van der Waals surface area (Å²) in [6.07, 6.45) is 2.82. The topological polar surface area (TPSA) is 100 Å². The van der Waals surface area contributed by atoms with E-state index in [1.54, 1.807) is 16.7 Å². The monoisotopic (exact) mass is 560 g/mol. The van der Waals surface area contributed by atoms with Crippen molar-refractivity contribution in [1.29, 1.82) is 0 Å². The first-order valence-electron chi connectivity index (χ1n) is 8.26. The van der Waals surface area contributed by atoms with E-state index in [9.17, 15) is 8.42 Å². The molecule has 3 N–H and O–H groups in total. The van der Waals surface area contributed by atoms with Gasteiger partial charge >= 0.3 is 0 Å². The van der Waals surface area contributed by atoms with Gasteiger partial charge < -0.3 is 15.2 Å². The summed E-state index contributed by atoms with van der Waals surface area (Å²) in [4.78, 5) is 8.40. The highest BCUT2D eigenvalue weighted by Gasteiger charge is 2.13. The van der Waals surface area contributed by atoms with Gasteiger partial charge in [-0.05, 0) is 25.1 Å². The van der Waals surface area contributed by atoms with Crippen LogP contribution in [0.15, 0.2) is 40.5 Å². The van der Waals surface area contributed by atoms with Crippen molar-refractivity contribution in [3.8, 4) is 0 Å². The molecule has 0 aliphatic heterocycles. The molecule has 0 aliphatic rings. The van der Waals surface area contributed by atoms with Gasteiger partial charge in [0.1, 0.15) is 10.0 Å². The average molecular weight is 561 g/mol. The molecule has 0 aromatic carbocycles. The Morgan fingerprint density at radius 2 is 2.04 bits per heavy atom. The summed E-state index contributed by atoms with van der Waals surface area (Å²) in [6.45, 7) is 3.55. The summed E-state index contributed by atoms with van der Waals surface area (Å²) in [5, 5.41) is 7.12. The predicted octanol–water partition coefficient (Wildman–Crippen LogP) is 2.38. The molecule has 2 aromatic heterocycles. The fraction of sp³-hybridized carbons (Fsp3) is 0.375. The first kappa shape index (κ1) is 25.0. The van der Waals surface area contributed by atoms with Crippen LogP contribution in [0.1, 0.15) is 12.6 Å². The molecule has 0 aliphatic carbocycles. The maximum absolute atomic E-state index is 12.1. The number of nitrogens with one attached hydrogen (secondary N) is 3. The molecule has 2 heterocycles. The largest absolute Gasteiger partial charge is 0.357 e. The van der Waals surface area contributed by atoms with Crippen LogP contribution in [0.3, 0.4) is 0 Å². The van der Waals surface area contributed by atoms with Crippen molar-refractivity contribution < 1.29 is 8.42 Å². The lowest BCUT2D eigenvalue weighted by Gasteiger charge is -2.12. The van der Waals surface area contributed by atoms with Gasteiger partial charge in [0.2, 0.25) is 10.0 Å². The smallest absolute Gasteiger partial charge is 0.242 e. The molecular formula is C16H23Cl2IN6O2S. The van der Waals surface area contributed by atoms with Crippen LogP contribution in [0, 0.1) is 0 Å². The molecule has 0 unspecified atom stereocenters. The third-order valence-electron chi connectivity index (χ3n) is 3.61. The van der Waals surface area contributed by atoms with E-state index in [-0.39, 0.29) is 35.4 Å². The highest BCUT2D eigenvalue weighted by Crippen LogP contribution is 2.25. The zero-order chi connectivity index (χ0) is 19.9. The molecule has 0 bridgehead atoms. The molecule has 0 atom stereocenters. The van der Waals surface area contributed by atoms with Crippen LogP contribution < -0.4 is 15.4 Å². The number of aliphatic imine (C=N–C) groups is 1. The molecule has 0 fully saturated rings. The number of hydrogen-bond donors (Lipinski definition) is 3. The number of aromatic nitrogens is 2. The summed E-state index contributed by atoms with van der Waals surface area (Å²) < 4.78 is 28.5. The molecule has 8 nitrogen and oxygen atoms in total. The van der Waals surface area contributed by atoms with Crippen LogP contribution in [0.25, 0.3) is 0 Å². The van der Waals surface area contributed by atoms with Gasteiger partial charge in [0.25, 0.3) is 0 Å². The second-order valence-corrected chi connectivity index (χ2v) is 8.07. The number of rotatable bonds is 8. The summed E-state index contributed by atoms with van der Waals surface area (Å²) in [7, 11) is -1.77. The summed E-state index contributed by atoms with van der Waals surface area (Å²) in [5.41, 5.74) is 0.861. The van der Waals surface area contributed by atoms with E-state index in [0.717, 1.165) is 5.69 Å². The Hall–Kier alpha value is -1.08. The number of nitrogens with zero attached hydrogens (tertiary/aromatic N) is 3. The normalized spacial score (nSPS) is 11.8. The Labute approximate surface area is 192 Å². The Bertz CT molecular complexity index is 890. The number of halogens is 3. The van der Waals surface area contributed by atoms with Gasteiger partial charge in [0, 0.05) is 44.8 Å². The molecule has 0 spiro atoms. The van der Waals surface area contributed by atoms with E-state index in [1.807, 2.05) is 14.0 Å². The highest BCUT2D eigenvalue weighted by molar-refractivity contribution is 14.0. The zero-order valence-electron chi connectivity index (χ0n) is 15.4. The number of pyridine rings is 1. The van der Waals surface area contributed by atoms with Crippen molar-refractivity contribution in [2.45, 2.75) is 18.4 Å². The van der Waals surface area contributed by atoms with Crippen molar-refractivity contribution >= 4 is 63.2 Å². The van der Waals surface area contributed by atoms with Crippen molar-refractivity contribution in [2.75, 3.05) is 19.6 Å². The predicted molar refractivity (Wildman–Crippen MR) is 123 cm³/mol. The van der Waals surface area contributed by atoms with Crippen LogP contribution in [0.2, 0.25) is 10.2 Å². The lowest BCUT2D eigenvalue weighted by atomic mass is 10.4. The van der Waals surface area contributed by atoms with Crippen molar-refractivity contribution in [3.05, 3.63) is 46.5 Å². The summed E-state index contributed by atoms with van der Waals surface area (Å²) in [6, 6.07) is 4.83. The van der Waals surface area contributed by atoms with E-state index in [1.165, 1.54) is 18.5 Å². The van der Waals surface area contributed by atoms with Crippen LogP contribution >= 0.6 is 47.2 Å². The first-order chi connectivity index (χ1) is 12.8. The quantitative estimate of drug-likeness (QED) is 0.199. The minimum atomic E-state index is -3.58. The van der Waals surface area contributed by atoms with Crippen LogP contribution in [0.4, 0.5) is 0 Å². The standard InChI is InChI=1S/C16H22Cl2N6O2S.HI/c1-3-20-16(22-10-12-9-14(17)15(18)24(12)2)21-7-8-23-27(25,26)13-5-4-6-19-11-13;/h4-6,9,11,23H,3,7-8,10H2,1-2H3,(H2,20,21,22);1H. The Kier molecular flexibility index (Phi) is 10.5. The number of hydrogen-bond acceptors (Lipinski definition) is 4. The molecule has 0 saturated heterocycles.